The molecule has 1 N–H and O–H groups in total. The molecule has 2 aromatic carbocycles. The van der Waals surface area contributed by atoms with Crippen LogP contribution >= 0.6 is 0 Å². The summed E-state index contributed by atoms with van der Waals surface area (Å²) in [6.07, 6.45) is 7.30. The van der Waals surface area contributed by atoms with Gasteiger partial charge in [-0.3, -0.25) is 4.98 Å². The molecule has 0 aliphatic carbocycles. The first kappa shape index (κ1) is 21.4. The van der Waals surface area contributed by atoms with Crippen LogP contribution in [0.25, 0.3) is 44.4 Å². The Hall–Kier alpha value is -4.10. The van der Waals surface area contributed by atoms with Gasteiger partial charge < -0.3 is 10.2 Å². The summed E-state index contributed by atoms with van der Waals surface area (Å²) in [4.78, 5) is 11.3. The summed E-state index contributed by atoms with van der Waals surface area (Å²) >= 11 is 0. The fourth-order valence-electron chi connectivity index (χ4n) is 4.71. The lowest BCUT2D eigenvalue weighted by Gasteiger charge is -2.29. The second kappa shape index (κ2) is 8.60. The fourth-order valence-corrected chi connectivity index (χ4v) is 4.71. The predicted molar refractivity (Wildman–Crippen MR) is 139 cm³/mol. The summed E-state index contributed by atoms with van der Waals surface area (Å²) in [6.45, 7) is 9.36. The summed E-state index contributed by atoms with van der Waals surface area (Å²) in [5, 5.41) is 8.89. The SMILES string of the molecule is C=C(C)c1ccc2c(-c3cnn4cc(-c5ccc(N6CCNCC6)c(F)c5)cnc34)ccnc2c1. The number of fused-ring (bicyclic) bond motifs is 2. The van der Waals surface area contributed by atoms with Crippen LogP contribution in [0.1, 0.15) is 12.5 Å². The number of nitrogens with one attached hydrogen (secondary N) is 1. The molecule has 1 fully saturated rings. The Morgan fingerprint density at radius 3 is 2.63 bits per heavy atom. The lowest BCUT2D eigenvalue weighted by Crippen LogP contribution is -2.43. The van der Waals surface area contributed by atoms with E-state index >= 15 is 0 Å². The number of pyridine rings is 1. The number of hydrogen-bond donors (Lipinski definition) is 1. The molecule has 4 heterocycles. The van der Waals surface area contributed by atoms with Crippen LogP contribution in [-0.4, -0.2) is 45.8 Å². The van der Waals surface area contributed by atoms with Crippen molar-refractivity contribution in [1.29, 1.82) is 0 Å². The fraction of sp³-hybridized carbons (Fsp3) is 0.179. The monoisotopic (exact) mass is 464 g/mol. The molecule has 0 atom stereocenters. The third kappa shape index (κ3) is 3.84. The average molecular weight is 465 g/mol. The number of rotatable bonds is 4. The highest BCUT2D eigenvalue weighted by atomic mass is 19.1. The van der Waals surface area contributed by atoms with Gasteiger partial charge in [0, 0.05) is 61.3 Å². The summed E-state index contributed by atoms with van der Waals surface area (Å²) in [7, 11) is 0. The van der Waals surface area contributed by atoms with Crippen molar-refractivity contribution in [1.82, 2.24) is 24.9 Å². The molecule has 174 valence electrons. The van der Waals surface area contributed by atoms with Crippen LogP contribution in [0.5, 0.6) is 0 Å². The summed E-state index contributed by atoms with van der Waals surface area (Å²) < 4.78 is 16.7. The van der Waals surface area contributed by atoms with Crippen LogP contribution in [-0.2, 0) is 0 Å². The molecule has 0 saturated carbocycles. The summed E-state index contributed by atoms with van der Waals surface area (Å²) in [5.74, 6) is -0.219. The minimum Gasteiger partial charge on any atom is -0.367 e. The van der Waals surface area contributed by atoms with Gasteiger partial charge in [-0.2, -0.15) is 5.10 Å². The van der Waals surface area contributed by atoms with E-state index in [2.05, 4.69) is 45.1 Å². The van der Waals surface area contributed by atoms with Gasteiger partial charge in [-0.05, 0) is 47.9 Å². The number of piperazine rings is 1. The molecule has 0 amide bonds. The lowest BCUT2D eigenvalue weighted by atomic mass is 10.0. The number of halogens is 1. The largest absolute Gasteiger partial charge is 0.367 e. The van der Waals surface area contributed by atoms with Crippen molar-refractivity contribution in [3.63, 3.8) is 0 Å². The Bertz CT molecular complexity index is 1580. The zero-order valence-electron chi connectivity index (χ0n) is 19.5. The third-order valence-corrected chi connectivity index (χ3v) is 6.62. The van der Waals surface area contributed by atoms with E-state index in [1.54, 1.807) is 23.0 Å². The maximum absolute atomic E-state index is 15.0. The zero-order chi connectivity index (χ0) is 23.9. The Labute approximate surface area is 202 Å². The first-order valence-electron chi connectivity index (χ1n) is 11.7. The molecular weight excluding hydrogens is 439 g/mol. The van der Waals surface area contributed by atoms with E-state index in [1.807, 2.05) is 37.5 Å². The highest BCUT2D eigenvalue weighted by Crippen LogP contribution is 2.32. The van der Waals surface area contributed by atoms with Crippen LogP contribution in [0.4, 0.5) is 10.1 Å². The molecule has 0 bridgehead atoms. The molecule has 7 heteroatoms. The Morgan fingerprint density at radius 2 is 1.83 bits per heavy atom. The van der Waals surface area contributed by atoms with E-state index in [0.29, 0.717) is 5.69 Å². The molecule has 0 radical (unpaired) electrons. The molecule has 35 heavy (non-hydrogen) atoms. The summed E-state index contributed by atoms with van der Waals surface area (Å²) in [6, 6.07) is 13.6. The third-order valence-electron chi connectivity index (χ3n) is 6.62. The standard InChI is InChI=1S/C28H25FN6/c1-18(2)19-3-5-23-22(7-8-31-26(23)14-19)24-16-33-35-17-21(15-32-28(24)35)20-4-6-27(25(29)13-20)34-11-9-30-10-12-34/h3-8,13-17,30H,1,9-12H2,2H3. The smallest absolute Gasteiger partial charge is 0.162 e. The highest BCUT2D eigenvalue weighted by molar-refractivity contribution is 5.98. The second-order valence-corrected chi connectivity index (χ2v) is 8.94. The molecular formula is C28H25FN6. The van der Waals surface area contributed by atoms with Crippen molar-refractivity contribution in [2.45, 2.75) is 6.92 Å². The molecule has 1 aliphatic rings. The van der Waals surface area contributed by atoms with E-state index in [1.165, 1.54) is 0 Å². The van der Waals surface area contributed by atoms with Crippen molar-refractivity contribution in [3.05, 3.63) is 85.2 Å². The van der Waals surface area contributed by atoms with Gasteiger partial charge in [0.1, 0.15) is 5.82 Å². The van der Waals surface area contributed by atoms with Crippen LogP contribution < -0.4 is 10.2 Å². The number of aromatic nitrogens is 4. The lowest BCUT2D eigenvalue weighted by molar-refractivity contribution is 0.566. The topological polar surface area (TPSA) is 58.4 Å². The van der Waals surface area contributed by atoms with Gasteiger partial charge >= 0.3 is 0 Å². The number of allylic oxidation sites excluding steroid dienone is 1. The van der Waals surface area contributed by atoms with Gasteiger partial charge in [-0.25, -0.2) is 13.9 Å². The molecule has 6 nitrogen and oxygen atoms in total. The van der Waals surface area contributed by atoms with Gasteiger partial charge in [-0.15, -0.1) is 0 Å². The first-order chi connectivity index (χ1) is 17.1. The van der Waals surface area contributed by atoms with Crippen LogP contribution in [0.3, 0.4) is 0 Å². The molecule has 0 unspecified atom stereocenters. The zero-order valence-corrected chi connectivity index (χ0v) is 19.5. The van der Waals surface area contributed by atoms with E-state index in [-0.39, 0.29) is 5.82 Å². The molecule has 5 aromatic rings. The van der Waals surface area contributed by atoms with Gasteiger partial charge in [0.25, 0.3) is 0 Å². The van der Waals surface area contributed by atoms with Crippen LogP contribution in [0, 0.1) is 5.82 Å². The van der Waals surface area contributed by atoms with Crippen molar-refractivity contribution >= 4 is 27.8 Å². The number of benzene rings is 2. The summed E-state index contributed by atoms with van der Waals surface area (Å²) in [5.41, 5.74) is 7.88. The maximum Gasteiger partial charge on any atom is 0.162 e. The molecule has 6 rings (SSSR count). The van der Waals surface area contributed by atoms with Gasteiger partial charge in [0.05, 0.1) is 17.4 Å². The molecule has 1 saturated heterocycles. The Kier molecular flexibility index (Phi) is 5.26. The number of nitrogens with zero attached hydrogens (tertiary/aromatic N) is 5. The average Bonchev–Trinajstić information content (AvgIpc) is 3.31. The Morgan fingerprint density at radius 1 is 0.971 bits per heavy atom. The van der Waals surface area contributed by atoms with E-state index < -0.39 is 0 Å². The van der Waals surface area contributed by atoms with Gasteiger partial charge in [0.15, 0.2) is 5.65 Å². The van der Waals surface area contributed by atoms with Crippen LogP contribution in [0.2, 0.25) is 0 Å². The number of hydrogen-bond acceptors (Lipinski definition) is 5. The van der Waals surface area contributed by atoms with Gasteiger partial charge in [0.2, 0.25) is 0 Å². The van der Waals surface area contributed by atoms with E-state index in [9.17, 15) is 4.39 Å². The predicted octanol–water partition coefficient (Wildman–Crippen LogP) is 5.19. The van der Waals surface area contributed by atoms with Crippen molar-refractivity contribution in [3.8, 4) is 22.3 Å². The van der Waals surface area contributed by atoms with Gasteiger partial charge in [-0.1, -0.05) is 30.4 Å². The Balaban J connectivity index is 1.37. The minimum atomic E-state index is -0.219. The maximum atomic E-state index is 15.0. The highest BCUT2D eigenvalue weighted by Gasteiger charge is 2.16. The minimum absolute atomic E-state index is 0.219. The van der Waals surface area contributed by atoms with Crippen LogP contribution in [0.15, 0.2) is 73.8 Å². The van der Waals surface area contributed by atoms with E-state index in [0.717, 1.165) is 76.1 Å². The van der Waals surface area contributed by atoms with Crippen molar-refractivity contribution in [2.24, 2.45) is 0 Å². The molecule has 0 spiro atoms. The second-order valence-electron chi connectivity index (χ2n) is 8.94. The number of anilines is 1. The molecule has 3 aromatic heterocycles. The van der Waals surface area contributed by atoms with E-state index in [4.69, 9.17) is 4.98 Å². The quantitative estimate of drug-likeness (QED) is 0.397. The first-order valence-corrected chi connectivity index (χ1v) is 11.7. The molecule has 1 aliphatic heterocycles. The van der Waals surface area contributed by atoms with Crippen molar-refractivity contribution < 1.29 is 4.39 Å². The van der Waals surface area contributed by atoms with Crippen molar-refractivity contribution in [2.75, 3.05) is 31.1 Å². The normalized spacial score (nSPS) is 14.1.